The number of halogens is 1. The molecule has 1 fully saturated rings. The van der Waals surface area contributed by atoms with Crippen molar-refractivity contribution in [1.82, 2.24) is 10.1 Å². The maximum Gasteiger partial charge on any atom is 0.227 e. The average Bonchev–Trinajstić information content (AvgIpc) is 3.07. The normalized spacial score (nSPS) is 14.4. The van der Waals surface area contributed by atoms with Gasteiger partial charge in [-0.1, -0.05) is 29.6 Å². The van der Waals surface area contributed by atoms with E-state index in [1.807, 2.05) is 24.3 Å². The molecular weight excluding hydrogens is 400 g/mol. The fourth-order valence-electron chi connectivity index (χ4n) is 3.60. The summed E-state index contributed by atoms with van der Waals surface area (Å²) in [6.07, 6.45) is 5.77. The molecule has 0 aliphatic carbocycles. The summed E-state index contributed by atoms with van der Waals surface area (Å²) in [5.41, 5.74) is 2.84. The molecule has 1 N–H and O–H groups in total. The molecule has 156 valence electrons. The Morgan fingerprint density at radius 2 is 1.70 bits per heavy atom. The van der Waals surface area contributed by atoms with Crippen molar-refractivity contribution >= 4 is 28.9 Å². The van der Waals surface area contributed by atoms with Crippen LogP contribution in [0.1, 0.15) is 38.0 Å². The fraction of sp³-hybridized carbons (Fsp3) is 0.348. The van der Waals surface area contributed by atoms with Crippen molar-refractivity contribution in [3.05, 3.63) is 59.4 Å². The van der Waals surface area contributed by atoms with Crippen molar-refractivity contribution in [3.63, 3.8) is 0 Å². The molecule has 0 radical (unpaired) electrons. The summed E-state index contributed by atoms with van der Waals surface area (Å²) in [5.74, 6) is 0.849. The van der Waals surface area contributed by atoms with Crippen LogP contribution in [0.25, 0.3) is 11.4 Å². The number of anilines is 2. The topological polar surface area (TPSA) is 71.3 Å². The van der Waals surface area contributed by atoms with Crippen molar-refractivity contribution in [2.75, 3.05) is 23.3 Å². The number of carbonyl (C=O) groups is 1. The zero-order valence-electron chi connectivity index (χ0n) is 16.8. The Morgan fingerprint density at radius 1 is 1.00 bits per heavy atom. The molecule has 1 aliphatic rings. The van der Waals surface area contributed by atoms with E-state index in [-0.39, 0.29) is 12.3 Å². The quantitative estimate of drug-likeness (QED) is 0.578. The lowest BCUT2D eigenvalue weighted by atomic mass is 10.2. The van der Waals surface area contributed by atoms with E-state index >= 15 is 0 Å². The summed E-state index contributed by atoms with van der Waals surface area (Å²) in [6.45, 7) is 2.21. The molecule has 1 amide bonds. The summed E-state index contributed by atoms with van der Waals surface area (Å²) < 4.78 is 5.26. The van der Waals surface area contributed by atoms with Crippen molar-refractivity contribution in [3.8, 4) is 11.4 Å². The molecule has 1 saturated heterocycles. The predicted octanol–water partition coefficient (Wildman–Crippen LogP) is 5.34. The molecule has 1 aliphatic heterocycles. The zero-order valence-corrected chi connectivity index (χ0v) is 17.6. The molecular formula is C23H25ClN4O2. The van der Waals surface area contributed by atoms with Crippen LogP contribution in [0, 0.1) is 0 Å². The Kier molecular flexibility index (Phi) is 6.64. The maximum absolute atomic E-state index is 12.3. The second-order valence-corrected chi connectivity index (χ2v) is 7.95. The van der Waals surface area contributed by atoms with E-state index in [0.717, 1.165) is 24.3 Å². The van der Waals surface area contributed by atoms with Crippen LogP contribution >= 0.6 is 11.6 Å². The lowest BCUT2D eigenvalue weighted by molar-refractivity contribution is -0.116. The highest BCUT2D eigenvalue weighted by atomic mass is 35.5. The van der Waals surface area contributed by atoms with Crippen molar-refractivity contribution in [2.24, 2.45) is 0 Å². The van der Waals surface area contributed by atoms with Gasteiger partial charge in [-0.05, 0) is 61.4 Å². The molecule has 4 rings (SSSR count). The lowest BCUT2D eigenvalue weighted by Crippen LogP contribution is -2.23. The van der Waals surface area contributed by atoms with Gasteiger partial charge in [0.2, 0.25) is 17.6 Å². The van der Waals surface area contributed by atoms with E-state index in [1.165, 1.54) is 31.4 Å². The molecule has 0 bridgehead atoms. The smallest absolute Gasteiger partial charge is 0.227 e. The highest BCUT2D eigenvalue weighted by Gasteiger charge is 2.12. The maximum atomic E-state index is 12.3. The molecule has 2 aromatic carbocycles. The standard InChI is InChI=1S/C23H25ClN4O2/c24-18-7-5-17(6-8-18)23-26-22(30-27-23)14-13-21(29)25-19-9-11-20(12-10-19)28-15-3-1-2-4-16-28/h5-12H,1-4,13-16H2,(H,25,29). The SMILES string of the molecule is O=C(CCc1nc(-c2ccc(Cl)cc2)no1)Nc1ccc(N2CCCCCC2)cc1. The molecule has 0 spiro atoms. The van der Waals surface area contributed by atoms with E-state index in [2.05, 4.69) is 32.5 Å². The number of nitrogens with one attached hydrogen (secondary N) is 1. The lowest BCUT2D eigenvalue weighted by Gasteiger charge is -2.22. The van der Waals surface area contributed by atoms with E-state index in [9.17, 15) is 4.79 Å². The van der Waals surface area contributed by atoms with E-state index in [0.29, 0.717) is 23.2 Å². The Labute approximate surface area is 181 Å². The molecule has 30 heavy (non-hydrogen) atoms. The molecule has 0 unspecified atom stereocenters. The van der Waals surface area contributed by atoms with Gasteiger partial charge in [-0.25, -0.2) is 0 Å². The van der Waals surface area contributed by atoms with Crippen LogP contribution in [0.15, 0.2) is 53.1 Å². The summed E-state index contributed by atoms with van der Waals surface area (Å²) in [6, 6.07) is 15.3. The van der Waals surface area contributed by atoms with Gasteiger partial charge in [-0.15, -0.1) is 0 Å². The van der Waals surface area contributed by atoms with E-state index in [1.54, 1.807) is 12.1 Å². The Balaban J connectivity index is 1.28. The summed E-state index contributed by atoms with van der Waals surface area (Å²) in [4.78, 5) is 19.1. The Hall–Kier alpha value is -2.86. The first-order valence-corrected chi connectivity index (χ1v) is 10.8. The first kappa shape index (κ1) is 20.4. The number of aryl methyl sites for hydroxylation is 1. The van der Waals surface area contributed by atoms with Crippen LogP contribution in [0.2, 0.25) is 5.02 Å². The van der Waals surface area contributed by atoms with Crippen LogP contribution in [-0.4, -0.2) is 29.1 Å². The van der Waals surface area contributed by atoms with Gasteiger partial charge >= 0.3 is 0 Å². The Bertz CT molecular complexity index is 962. The van der Waals surface area contributed by atoms with Crippen molar-refractivity contribution in [2.45, 2.75) is 38.5 Å². The molecule has 2 heterocycles. The molecule has 0 atom stereocenters. The summed E-state index contributed by atoms with van der Waals surface area (Å²) >= 11 is 5.90. The highest BCUT2D eigenvalue weighted by Crippen LogP contribution is 2.22. The van der Waals surface area contributed by atoms with Gasteiger partial charge in [0, 0.05) is 47.9 Å². The second kappa shape index (κ2) is 9.76. The minimum atomic E-state index is -0.0798. The van der Waals surface area contributed by atoms with E-state index in [4.69, 9.17) is 16.1 Å². The Morgan fingerprint density at radius 3 is 2.40 bits per heavy atom. The second-order valence-electron chi connectivity index (χ2n) is 7.51. The van der Waals surface area contributed by atoms with Crippen LogP contribution in [0.5, 0.6) is 0 Å². The third kappa shape index (κ3) is 5.39. The van der Waals surface area contributed by atoms with Gasteiger partial charge in [0.15, 0.2) is 0 Å². The average molecular weight is 425 g/mol. The van der Waals surface area contributed by atoms with Gasteiger partial charge in [0.1, 0.15) is 0 Å². The highest BCUT2D eigenvalue weighted by molar-refractivity contribution is 6.30. The summed E-state index contributed by atoms with van der Waals surface area (Å²) in [7, 11) is 0. The number of benzene rings is 2. The molecule has 0 saturated carbocycles. The predicted molar refractivity (Wildman–Crippen MR) is 119 cm³/mol. The largest absolute Gasteiger partial charge is 0.372 e. The molecule has 3 aromatic rings. The van der Waals surface area contributed by atoms with Crippen molar-refractivity contribution in [1.29, 1.82) is 0 Å². The molecule has 1 aromatic heterocycles. The number of carbonyl (C=O) groups excluding carboxylic acids is 1. The van der Waals surface area contributed by atoms with Crippen LogP contribution in [-0.2, 0) is 11.2 Å². The fourth-order valence-corrected chi connectivity index (χ4v) is 3.73. The molecule has 7 heteroatoms. The van der Waals surface area contributed by atoms with Gasteiger partial charge in [0.25, 0.3) is 0 Å². The van der Waals surface area contributed by atoms with Crippen molar-refractivity contribution < 1.29 is 9.32 Å². The van der Waals surface area contributed by atoms with Gasteiger partial charge < -0.3 is 14.7 Å². The van der Waals surface area contributed by atoms with Crippen LogP contribution in [0.3, 0.4) is 0 Å². The summed E-state index contributed by atoms with van der Waals surface area (Å²) in [5, 5.41) is 7.56. The minimum absolute atomic E-state index is 0.0798. The van der Waals surface area contributed by atoms with Crippen LogP contribution in [0.4, 0.5) is 11.4 Å². The van der Waals surface area contributed by atoms with Gasteiger partial charge in [0.05, 0.1) is 0 Å². The minimum Gasteiger partial charge on any atom is -0.372 e. The molecule has 6 nitrogen and oxygen atoms in total. The number of nitrogens with zero attached hydrogens (tertiary/aromatic N) is 3. The number of aromatic nitrogens is 2. The van der Waals surface area contributed by atoms with Crippen LogP contribution < -0.4 is 10.2 Å². The number of hydrogen-bond acceptors (Lipinski definition) is 5. The number of amides is 1. The number of hydrogen-bond donors (Lipinski definition) is 1. The first-order chi connectivity index (χ1) is 14.7. The first-order valence-electron chi connectivity index (χ1n) is 10.4. The zero-order chi connectivity index (χ0) is 20.8. The van der Waals surface area contributed by atoms with Gasteiger partial charge in [-0.3, -0.25) is 4.79 Å². The number of rotatable bonds is 6. The van der Waals surface area contributed by atoms with E-state index < -0.39 is 0 Å². The van der Waals surface area contributed by atoms with Gasteiger partial charge in [-0.2, -0.15) is 4.98 Å². The third-order valence-corrected chi connectivity index (χ3v) is 5.51. The third-order valence-electron chi connectivity index (χ3n) is 5.26. The monoisotopic (exact) mass is 424 g/mol.